The summed E-state index contributed by atoms with van der Waals surface area (Å²) in [5.74, 6) is 1.01. The molecular formula is C14H25NO3. The maximum atomic E-state index is 11.9. The van der Waals surface area contributed by atoms with E-state index in [9.17, 15) is 4.79 Å². The van der Waals surface area contributed by atoms with E-state index < -0.39 is 0 Å². The fourth-order valence-corrected chi connectivity index (χ4v) is 2.95. The molecule has 0 saturated carbocycles. The average molecular weight is 255 g/mol. The number of rotatable bonds is 4. The summed E-state index contributed by atoms with van der Waals surface area (Å²) in [6.45, 7) is 7.91. The van der Waals surface area contributed by atoms with Gasteiger partial charge in [0.2, 0.25) is 5.91 Å². The van der Waals surface area contributed by atoms with Crippen molar-refractivity contribution in [2.75, 3.05) is 13.2 Å². The second kappa shape index (κ2) is 6.02. The van der Waals surface area contributed by atoms with Crippen molar-refractivity contribution in [2.24, 2.45) is 11.8 Å². The number of carbonyl (C=O) groups excluding carboxylic acids is 1. The van der Waals surface area contributed by atoms with Crippen LogP contribution in [0.3, 0.4) is 0 Å². The van der Waals surface area contributed by atoms with Gasteiger partial charge in [0, 0.05) is 19.1 Å². The first kappa shape index (κ1) is 13.8. The molecule has 0 unspecified atom stereocenters. The van der Waals surface area contributed by atoms with Crippen molar-refractivity contribution in [3.8, 4) is 0 Å². The molecule has 4 nitrogen and oxygen atoms in total. The van der Waals surface area contributed by atoms with E-state index >= 15 is 0 Å². The molecule has 18 heavy (non-hydrogen) atoms. The van der Waals surface area contributed by atoms with Crippen LogP contribution < -0.4 is 5.32 Å². The molecule has 104 valence electrons. The zero-order chi connectivity index (χ0) is 13.1. The maximum Gasteiger partial charge on any atom is 0.249 e. The summed E-state index contributed by atoms with van der Waals surface area (Å²) in [5, 5.41) is 3.03. The molecule has 1 amide bonds. The Kier molecular flexibility index (Phi) is 4.62. The van der Waals surface area contributed by atoms with E-state index in [1.54, 1.807) is 0 Å². The largest absolute Gasteiger partial charge is 0.378 e. The molecule has 2 aliphatic rings. The van der Waals surface area contributed by atoms with Crippen molar-refractivity contribution < 1.29 is 14.3 Å². The van der Waals surface area contributed by atoms with Gasteiger partial charge in [-0.05, 0) is 32.1 Å². The molecule has 2 aliphatic heterocycles. The molecule has 1 N–H and O–H groups in total. The van der Waals surface area contributed by atoms with Crippen LogP contribution in [0.5, 0.6) is 0 Å². The Hall–Kier alpha value is -0.610. The van der Waals surface area contributed by atoms with Gasteiger partial charge in [-0.2, -0.15) is 0 Å². The molecule has 0 aromatic rings. The van der Waals surface area contributed by atoms with Crippen molar-refractivity contribution >= 4 is 5.91 Å². The summed E-state index contributed by atoms with van der Waals surface area (Å²) >= 11 is 0. The average Bonchev–Trinajstić information content (AvgIpc) is 2.94. The fraction of sp³-hybridized carbons (Fsp3) is 0.929. The predicted molar refractivity (Wildman–Crippen MR) is 69.3 cm³/mol. The Labute approximate surface area is 109 Å². The Balaban J connectivity index is 1.75. The fourth-order valence-electron chi connectivity index (χ4n) is 2.95. The first-order chi connectivity index (χ1) is 8.58. The van der Waals surface area contributed by atoms with Crippen LogP contribution in [0.4, 0.5) is 0 Å². The van der Waals surface area contributed by atoms with E-state index in [-0.39, 0.29) is 24.2 Å². The van der Waals surface area contributed by atoms with E-state index in [1.807, 2.05) is 6.92 Å². The third kappa shape index (κ3) is 3.23. The molecule has 0 radical (unpaired) electrons. The van der Waals surface area contributed by atoms with Gasteiger partial charge in [0.15, 0.2) is 0 Å². The summed E-state index contributed by atoms with van der Waals surface area (Å²) < 4.78 is 11.3. The van der Waals surface area contributed by atoms with Crippen LogP contribution in [0.1, 0.15) is 40.0 Å². The summed E-state index contributed by atoms with van der Waals surface area (Å²) in [5.41, 5.74) is 0. The highest BCUT2D eigenvalue weighted by molar-refractivity contribution is 5.81. The van der Waals surface area contributed by atoms with Gasteiger partial charge >= 0.3 is 0 Å². The molecule has 4 heteroatoms. The highest BCUT2D eigenvalue weighted by Gasteiger charge is 2.32. The van der Waals surface area contributed by atoms with Gasteiger partial charge in [-0.1, -0.05) is 13.8 Å². The zero-order valence-corrected chi connectivity index (χ0v) is 11.6. The second-order valence-electron chi connectivity index (χ2n) is 5.89. The summed E-state index contributed by atoms with van der Waals surface area (Å²) in [4.78, 5) is 11.9. The van der Waals surface area contributed by atoms with E-state index in [4.69, 9.17) is 9.47 Å². The van der Waals surface area contributed by atoms with Crippen LogP contribution >= 0.6 is 0 Å². The monoisotopic (exact) mass is 255 g/mol. The lowest BCUT2D eigenvalue weighted by atomic mass is 9.93. The van der Waals surface area contributed by atoms with Crippen molar-refractivity contribution in [1.29, 1.82) is 0 Å². The van der Waals surface area contributed by atoms with Crippen LogP contribution in [0.15, 0.2) is 0 Å². The number of nitrogens with one attached hydrogen (secondary N) is 1. The molecular weight excluding hydrogens is 230 g/mol. The molecule has 2 fully saturated rings. The Morgan fingerprint density at radius 1 is 1.33 bits per heavy atom. The van der Waals surface area contributed by atoms with Gasteiger partial charge in [0.1, 0.15) is 6.10 Å². The van der Waals surface area contributed by atoms with Crippen LogP contribution in [0.25, 0.3) is 0 Å². The highest BCUT2D eigenvalue weighted by atomic mass is 16.5. The predicted octanol–water partition coefficient (Wildman–Crippen LogP) is 1.73. The van der Waals surface area contributed by atoms with E-state index in [0.717, 1.165) is 32.4 Å². The van der Waals surface area contributed by atoms with E-state index in [0.29, 0.717) is 11.8 Å². The Morgan fingerprint density at radius 3 is 2.72 bits per heavy atom. The van der Waals surface area contributed by atoms with Crippen molar-refractivity contribution in [3.63, 3.8) is 0 Å². The van der Waals surface area contributed by atoms with Crippen molar-refractivity contribution in [1.82, 2.24) is 5.32 Å². The molecule has 0 aromatic carbocycles. The zero-order valence-electron chi connectivity index (χ0n) is 11.6. The quantitative estimate of drug-likeness (QED) is 0.832. The SMILES string of the molecule is CC(C)[C@H]1OCC[C@@H]1CNC(=O)[C@H]1CC[C@H](C)O1. The normalized spacial score (nSPS) is 36.2. The highest BCUT2D eigenvalue weighted by Crippen LogP contribution is 2.26. The van der Waals surface area contributed by atoms with Gasteiger partial charge in [0.05, 0.1) is 12.2 Å². The Bertz CT molecular complexity index is 293. The van der Waals surface area contributed by atoms with Crippen LogP contribution in [0.2, 0.25) is 0 Å². The van der Waals surface area contributed by atoms with Gasteiger partial charge in [-0.15, -0.1) is 0 Å². The first-order valence-electron chi connectivity index (χ1n) is 7.12. The minimum atomic E-state index is -0.236. The number of hydrogen-bond donors (Lipinski definition) is 1. The van der Waals surface area contributed by atoms with Crippen LogP contribution in [-0.4, -0.2) is 37.4 Å². The molecule has 0 spiro atoms. The molecule has 4 atom stereocenters. The second-order valence-corrected chi connectivity index (χ2v) is 5.89. The van der Waals surface area contributed by atoms with Crippen molar-refractivity contribution in [3.05, 3.63) is 0 Å². The molecule has 0 aromatic heterocycles. The molecule has 2 heterocycles. The van der Waals surface area contributed by atoms with Gasteiger partial charge in [-0.3, -0.25) is 4.79 Å². The topological polar surface area (TPSA) is 47.6 Å². The van der Waals surface area contributed by atoms with Gasteiger partial charge in [-0.25, -0.2) is 0 Å². The lowest BCUT2D eigenvalue weighted by Crippen LogP contribution is -2.40. The van der Waals surface area contributed by atoms with Crippen LogP contribution in [-0.2, 0) is 14.3 Å². The number of carbonyl (C=O) groups is 1. The number of hydrogen-bond acceptors (Lipinski definition) is 3. The first-order valence-corrected chi connectivity index (χ1v) is 7.12. The number of ether oxygens (including phenoxy) is 2. The standard InChI is InChI=1S/C14H25NO3/c1-9(2)13-11(6-7-17-13)8-15-14(16)12-5-4-10(3)18-12/h9-13H,4-8H2,1-3H3,(H,15,16)/t10-,11+,12+,13+/m0/s1. The molecule has 2 saturated heterocycles. The number of amides is 1. The third-order valence-corrected chi connectivity index (χ3v) is 3.98. The van der Waals surface area contributed by atoms with Gasteiger partial charge < -0.3 is 14.8 Å². The lowest BCUT2D eigenvalue weighted by molar-refractivity contribution is -0.132. The lowest BCUT2D eigenvalue weighted by Gasteiger charge is -2.22. The molecule has 0 aliphatic carbocycles. The minimum absolute atomic E-state index is 0.0498. The van der Waals surface area contributed by atoms with Gasteiger partial charge in [0.25, 0.3) is 0 Å². The van der Waals surface area contributed by atoms with E-state index in [1.165, 1.54) is 0 Å². The van der Waals surface area contributed by atoms with E-state index in [2.05, 4.69) is 19.2 Å². The minimum Gasteiger partial charge on any atom is -0.378 e. The third-order valence-electron chi connectivity index (χ3n) is 3.98. The molecule has 0 bridgehead atoms. The maximum absolute atomic E-state index is 11.9. The summed E-state index contributed by atoms with van der Waals surface area (Å²) in [6, 6.07) is 0. The Morgan fingerprint density at radius 2 is 2.11 bits per heavy atom. The summed E-state index contributed by atoms with van der Waals surface area (Å²) in [7, 11) is 0. The smallest absolute Gasteiger partial charge is 0.249 e. The molecule has 2 rings (SSSR count). The van der Waals surface area contributed by atoms with Crippen LogP contribution in [0, 0.1) is 11.8 Å². The van der Waals surface area contributed by atoms with Crippen molar-refractivity contribution in [2.45, 2.75) is 58.3 Å². The summed E-state index contributed by atoms with van der Waals surface area (Å²) in [6.07, 6.45) is 3.15.